The molecule has 1 aliphatic heterocycles. The third-order valence-corrected chi connectivity index (χ3v) is 8.00. The second kappa shape index (κ2) is 12.1. The number of fused-ring (bicyclic) bond motifs is 2. The molecule has 4 aromatic carbocycles. The number of anilines is 2. The van der Waals surface area contributed by atoms with Crippen molar-refractivity contribution in [2.45, 2.75) is 25.8 Å². The van der Waals surface area contributed by atoms with Gasteiger partial charge < -0.3 is 20.7 Å². The lowest BCUT2D eigenvalue weighted by atomic mass is 10.0. The average molecular weight is 581 g/mol. The van der Waals surface area contributed by atoms with Gasteiger partial charge in [0.05, 0.1) is 11.3 Å². The van der Waals surface area contributed by atoms with Gasteiger partial charge in [0.15, 0.2) is 0 Å². The first-order valence-corrected chi connectivity index (χ1v) is 14.9. The van der Waals surface area contributed by atoms with Gasteiger partial charge >= 0.3 is 0 Å². The van der Waals surface area contributed by atoms with Crippen molar-refractivity contribution in [3.05, 3.63) is 115 Å². The first-order valence-electron chi connectivity index (χ1n) is 14.9. The van der Waals surface area contributed by atoms with E-state index in [4.69, 9.17) is 9.72 Å². The number of nitrogens with zero attached hydrogens (tertiary/aromatic N) is 3. The van der Waals surface area contributed by atoms with Crippen molar-refractivity contribution in [1.29, 1.82) is 0 Å². The van der Waals surface area contributed by atoms with Crippen molar-refractivity contribution in [1.82, 2.24) is 20.3 Å². The van der Waals surface area contributed by atoms with E-state index < -0.39 is 0 Å². The highest BCUT2D eigenvalue weighted by molar-refractivity contribution is 6.11. The number of nitrogens with one attached hydrogen (secondary N) is 3. The molecule has 8 heteroatoms. The third-order valence-electron chi connectivity index (χ3n) is 8.00. The van der Waals surface area contributed by atoms with E-state index >= 15 is 0 Å². The predicted molar refractivity (Wildman–Crippen MR) is 175 cm³/mol. The molecule has 1 fully saturated rings. The SMILES string of the molecule is Cc1ccc2c(NC(=O)c3ccc4ccccc4c3)cccc2c1Oc1ncccc1-c1ccnc(N[C@H]2CCCNC2)n1. The molecule has 1 atom stereocenters. The molecule has 6 aromatic rings. The number of amides is 1. The zero-order valence-corrected chi connectivity index (χ0v) is 24.4. The summed E-state index contributed by atoms with van der Waals surface area (Å²) in [6.45, 7) is 3.93. The summed E-state index contributed by atoms with van der Waals surface area (Å²) in [5.41, 5.74) is 3.73. The largest absolute Gasteiger partial charge is 0.437 e. The minimum atomic E-state index is -0.171. The molecule has 0 unspecified atom stereocenters. The van der Waals surface area contributed by atoms with Crippen LogP contribution in [0.1, 0.15) is 28.8 Å². The highest BCUT2D eigenvalue weighted by Gasteiger charge is 2.18. The Kier molecular flexibility index (Phi) is 7.56. The van der Waals surface area contributed by atoms with Gasteiger partial charge in [0.1, 0.15) is 5.75 Å². The van der Waals surface area contributed by atoms with Crippen molar-refractivity contribution < 1.29 is 9.53 Å². The Morgan fingerprint density at radius 1 is 0.886 bits per heavy atom. The predicted octanol–water partition coefficient (Wildman–Crippen LogP) is 7.36. The van der Waals surface area contributed by atoms with Gasteiger partial charge in [-0.1, -0.05) is 54.6 Å². The molecule has 0 spiro atoms. The minimum absolute atomic E-state index is 0.171. The summed E-state index contributed by atoms with van der Waals surface area (Å²) in [6, 6.07) is 29.6. The molecular weight excluding hydrogens is 548 g/mol. The van der Waals surface area contributed by atoms with E-state index in [0.29, 0.717) is 28.8 Å². The average Bonchev–Trinajstić information content (AvgIpc) is 3.07. The third kappa shape index (κ3) is 5.67. The van der Waals surface area contributed by atoms with Gasteiger partial charge in [-0.2, -0.15) is 0 Å². The Balaban J connectivity index is 1.19. The molecule has 0 radical (unpaired) electrons. The van der Waals surface area contributed by atoms with Crippen molar-refractivity contribution >= 4 is 39.1 Å². The molecule has 7 rings (SSSR count). The molecule has 0 aliphatic carbocycles. The van der Waals surface area contributed by atoms with Crippen LogP contribution in [-0.4, -0.2) is 40.0 Å². The second-order valence-corrected chi connectivity index (χ2v) is 11.0. The maximum Gasteiger partial charge on any atom is 0.255 e. The van der Waals surface area contributed by atoms with E-state index in [2.05, 4.69) is 25.9 Å². The summed E-state index contributed by atoms with van der Waals surface area (Å²) in [5, 5.41) is 13.8. The van der Waals surface area contributed by atoms with Crippen LogP contribution in [0.25, 0.3) is 32.8 Å². The summed E-state index contributed by atoms with van der Waals surface area (Å²) in [6.07, 6.45) is 5.66. The number of aromatic nitrogens is 3. The van der Waals surface area contributed by atoms with Crippen molar-refractivity contribution in [2.24, 2.45) is 0 Å². The highest BCUT2D eigenvalue weighted by atomic mass is 16.5. The van der Waals surface area contributed by atoms with Crippen LogP contribution in [0.3, 0.4) is 0 Å². The molecule has 44 heavy (non-hydrogen) atoms. The van der Waals surface area contributed by atoms with E-state index in [1.807, 2.05) is 97.9 Å². The van der Waals surface area contributed by atoms with Gasteiger partial charge in [0.25, 0.3) is 5.91 Å². The van der Waals surface area contributed by atoms with Crippen LogP contribution in [-0.2, 0) is 0 Å². The Bertz CT molecular complexity index is 1990. The first kappa shape index (κ1) is 27.5. The summed E-state index contributed by atoms with van der Waals surface area (Å²) in [7, 11) is 0. The number of aryl methyl sites for hydroxylation is 1. The van der Waals surface area contributed by atoms with E-state index in [9.17, 15) is 4.79 Å². The number of pyridine rings is 1. The molecule has 1 amide bonds. The number of hydrogen-bond acceptors (Lipinski definition) is 7. The minimum Gasteiger partial charge on any atom is -0.437 e. The van der Waals surface area contributed by atoms with Gasteiger partial charge in [0.2, 0.25) is 11.8 Å². The maximum atomic E-state index is 13.3. The molecule has 0 saturated carbocycles. The maximum absolute atomic E-state index is 13.3. The molecule has 1 saturated heterocycles. The lowest BCUT2D eigenvalue weighted by Gasteiger charge is -2.23. The summed E-state index contributed by atoms with van der Waals surface area (Å²) in [5.74, 6) is 1.53. The molecule has 1 aliphatic rings. The fraction of sp³-hybridized carbons (Fsp3) is 0.167. The zero-order chi connectivity index (χ0) is 29.9. The lowest BCUT2D eigenvalue weighted by molar-refractivity contribution is 0.102. The number of benzene rings is 4. The highest BCUT2D eigenvalue weighted by Crippen LogP contribution is 2.38. The van der Waals surface area contributed by atoms with Crippen LogP contribution in [0.4, 0.5) is 11.6 Å². The fourth-order valence-corrected chi connectivity index (χ4v) is 5.71. The second-order valence-electron chi connectivity index (χ2n) is 11.0. The first-order chi connectivity index (χ1) is 21.6. The number of carbonyl (C=O) groups excluding carboxylic acids is 1. The van der Waals surface area contributed by atoms with Gasteiger partial charge in [-0.15, -0.1) is 0 Å². The topological polar surface area (TPSA) is 101 Å². The molecule has 0 bridgehead atoms. The van der Waals surface area contributed by atoms with Gasteiger partial charge in [0, 0.05) is 47.0 Å². The van der Waals surface area contributed by atoms with Crippen LogP contribution in [0.5, 0.6) is 11.6 Å². The number of piperidine rings is 1. The van der Waals surface area contributed by atoms with E-state index in [-0.39, 0.29) is 11.9 Å². The van der Waals surface area contributed by atoms with Crippen molar-refractivity contribution in [3.8, 4) is 22.9 Å². The number of hydrogen-bond donors (Lipinski definition) is 3. The monoisotopic (exact) mass is 580 g/mol. The van der Waals surface area contributed by atoms with Crippen LogP contribution < -0.4 is 20.7 Å². The quantitative estimate of drug-likeness (QED) is 0.181. The van der Waals surface area contributed by atoms with Gasteiger partial charge in [-0.05, 0) is 79.0 Å². The van der Waals surface area contributed by atoms with Crippen molar-refractivity contribution in [2.75, 3.05) is 23.7 Å². The smallest absolute Gasteiger partial charge is 0.255 e. The number of rotatable bonds is 7. The molecule has 218 valence electrons. The standard InChI is InChI=1S/C36H32N6O2/c1-23-13-16-28-29(10-4-12-31(28)41-34(43)26-15-14-24-7-2-3-8-25(24)21-26)33(23)44-35-30(11-6-19-38-35)32-17-20-39-36(42-32)40-27-9-5-18-37-22-27/h2-4,6-8,10-17,19-21,27,37H,5,9,18,22H2,1H3,(H,41,43)(H,39,40,42)/t27-/m0/s1. The van der Waals surface area contributed by atoms with Crippen LogP contribution in [0.2, 0.25) is 0 Å². The zero-order valence-electron chi connectivity index (χ0n) is 24.4. The van der Waals surface area contributed by atoms with Crippen molar-refractivity contribution in [3.63, 3.8) is 0 Å². The van der Waals surface area contributed by atoms with Crippen LogP contribution in [0, 0.1) is 6.92 Å². The lowest BCUT2D eigenvalue weighted by Crippen LogP contribution is -2.38. The van der Waals surface area contributed by atoms with E-state index in [1.54, 1.807) is 12.4 Å². The molecule has 2 aromatic heterocycles. The number of carbonyl (C=O) groups is 1. The Morgan fingerprint density at radius 2 is 1.80 bits per heavy atom. The normalized spacial score (nSPS) is 14.8. The van der Waals surface area contributed by atoms with Gasteiger partial charge in [-0.3, -0.25) is 4.79 Å². The molecule has 3 heterocycles. The fourth-order valence-electron chi connectivity index (χ4n) is 5.71. The summed E-state index contributed by atoms with van der Waals surface area (Å²) >= 11 is 0. The Morgan fingerprint density at radius 3 is 2.68 bits per heavy atom. The van der Waals surface area contributed by atoms with Gasteiger partial charge in [-0.25, -0.2) is 15.0 Å². The molecule has 3 N–H and O–H groups in total. The summed E-state index contributed by atoms with van der Waals surface area (Å²) < 4.78 is 6.58. The molecule has 8 nitrogen and oxygen atoms in total. The molecular formula is C36H32N6O2. The summed E-state index contributed by atoms with van der Waals surface area (Å²) in [4.78, 5) is 27.2. The number of ether oxygens (including phenoxy) is 1. The van der Waals surface area contributed by atoms with Crippen LogP contribution in [0.15, 0.2) is 103 Å². The Hall–Kier alpha value is -5.34. The Labute approximate surface area is 255 Å². The van der Waals surface area contributed by atoms with E-state index in [0.717, 1.165) is 64.3 Å². The van der Waals surface area contributed by atoms with Crippen LogP contribution >= 0.6 is 0 Å². The van der Waals surface area contributed by atoms with E-state index in [1.165, 1.54) is 0 Å².